The molecule has 0 bridgehead atoms. The third kappa shape index (κ3) is 3.62. The van der Waals surface area contributed by atoms with Gasteiger partial charge in [0.1, 0.15) is 11.6 Å². The first-order valence-corrected chi connectivity index (χ1v) is 6.80. The zero-order chi connectivity index (χ0) is 15.7. The first-order chi connectivity index (χ1) is 9.00. The molecule has 1 N–H and O–H groups in total. The van der Waals surface area contributed by atoms with Gasteiger partial charge in [0, 0.05) is 6.42 Å². The topological polar surface area (TPSA) is 76.1 Å². The van der Waals surface area contributed by atoms with Crippen molar-refractivity contribution in [3.63, 3.8) is 0 Å². The fraction of sp³-hybridized carbons (Fsp3) is 0.857. The van der Waals surface area contributed by atoms with Crippen LogP contribution in [0.1, 0.15) is 41.0 Å². The second-order valence-electron chi connectivity index (χ2n) is 6.61. The Morgan fingerprint density at radius 3 is 2.30 bits per heavy atom. The van der Waals surface area contributed by atoms with Crippen LogP contribution in [-0.4, -0.2) is 53.0 Å². The van der Waals surface area contributed by atoms with Gasteiger partial charge in [0.2, 0.25) is 0 Å². The van der Waals surface area contributed by atoms with Gasteiger partial charge in [-0.1, -0.05) is 13.8 Å². The number of esters is 1. The van der Waals surface area contributed by atoms with E-state index in [0.29, 0.717) is 0 Å². The predicted octanol–water partition coefficient (Wildman–Crippen LogP) is 1.56. The highest BCUT2D eigenvalue weighted by molar-refractivity contribution is 5.82. The lowest BCUT2D eigenvalue weighted by atomic mass is 9.88. The van der Waals surface area contributed by atoms with Crippen molar-refractivity contribution < 1.29 is 24.2 Å². The standard InChI is InChI=1S/C14H25NO5/c1-9(2)14(18)7-10(11(16)19-6)15(8-14)12(17)20-13(3,4)5/h9-10,18H,7-8H2,1-6H3. The Morgan fingerprint density at radius 2 is 1.90 bits per heavy atom. The lowest BCUT2D eigenvalue weighted by Gasteiger charge is -2.29. The van der Waals surface area contributed by atoms with Crippen LogP contribution in [0, 0.1) is 5.92 Å². The number of methoxy groups -OCH3 is 1. The molecule has 1 saturated heterocycles. The van der Waals surface area contributed by atoms with Crippen LogP contribution < -0.4 is 0 Å². The molecule has 1 rings (SSSR count). The Balaban J connectivity index is 2.96. The molecule has 20 heavy (non-hydrogen) atoms. The lowest BCUT2D eigenvalue weighted by Crippen LogP contribution is -2.45. The van der Waals surface area contributed by atoms with E-state index in [1.54, 1.807) is 20.8 Å². The second-order valence-corrected chi connectivity index (χ2v) is 6.61. The van der Waals surface area contributed by atoms with Crippen molar-refractivity contribution in [2.75, 3.05) is 13.7 Å². The van der Waals surface area contributed by atoms with E-state index >= 15 is 0 Å². The van der Waals surface area contributed by atoms with Gasteiger partial charge in [0.05, 0.1) is 19.3 Å². The van der Waals surface area contributed by atoms with Crippen LogP contribution in [0.2, 0.25) is 0 Å². The number of hydrogen-bond donors (Lipinski definition) is 1. The molecule has 0 aromatic heterocycles. The van der Waals surface area contributed by atoms with Crippen LogP contribution in [-0.2, 0) is 14.3 Å². The zero-order valence-electron chi connectivity index (χ0n) is 13.1. The van der Waals surface area contributed by atoms with E-state index in [-0.39, 0.29) is 18.9 Å². The number of carbonyl (C=O) groups excluding carboxylic acids is 2. The molecule has 0 spiro atoms. The maximum absolute atomic E-state index is 12.2. The maximum atomic E-state index is 12.2. The van der Waals surface area contributed by atoms with E-state index in [9.17, 15) is 14.7 Å². The van der Waals surface area contributed by atoms with Gasteiger partial charge in [-0.05, 0) is 26.7 Å². The number of β-amino-alcohol motifs (C(OH)–C–C–N with tert-alkyl or cyclic N) is 1. The van der Waals surface area contributed by atoms with Crippen LogP contribution >= 0.6 is 0 Å². The molecule has 1 aliphatic rings. The number of carbonyl (C=O) groups is 2. The number of aliphatic hydroxyl groups is 1. The second kappa shape index (κ2) is 5.60. The number of rotatable bonds is 2. The predicted molar refractivity (Wildman–Crippen MR) is 73.1 cm³/mol. The van der Waals surface area contributed by atoms with Gasteiger partial charge >= 0.3 is 12.1 Å². The largest absolute Gasteiger partial charge is 0.467 e. The highest BCUT2D eigenvalue weighted by atomic mass is 16.6. The van der Waals surface area contributed by atoms with Crippen LogP contribution in [0.4, 0.5) is 4.79 Å². The number of amides is 1. The molecule has 0 aromatic carbocycles. The van der Waals surface area contributed by atoms with Gasteiger partial charge in [-0.15, -0.1) is 0 Å². The Hall–Kier alpha value is -1.30. The minimum absolute atomic E-state index is 0.0688. The Kier molecular flexibility index (Phi) is 4.69. The summed E-state index contributed by atoms with van der Waals surface area (Å²) in [6.07, 6.45) is -0.444. The molecule has 2 atom stereocenters. The number of likely N-dealkylation sites (tertiary alicyclic amines) is 1. The molecule has 0 aromatic rings. The van der Waals surface area contributed by atoms with E-state index < -0.39 is 29.3 Å². The van der Waals surface area contributed by atoms with Gasteiger partial charge in [-0.2, -0.15) is 0 Å². The van der Waals surface area contributed by atoms with Crippen LogP contribution in [0.3, 0.4) is 0 Å². The van der Waals surface area contributed by atoms with Crippen molar-refractivity contribution in [2.24, 2.45) is 5.92 Å². The summed E-state index contributed by atoms with van der Waals surface area (Å²) in [6, 6.07) is -0.803. The summed E-state index contributed by atoms with van der Waals surface area (Å²) >= 11 is 0. The fourth-order valence-corrected chi connectivity index (χ4v) is 2.19. The SMILES string of the molecule is COC(=O)C1CC(O)(C(C)C)CN1C(=O)OC(C)(C)C. The molecule has 1 aliphatic heterocycles. The summed E-state index contributed by atoms with van der Waals surface area (Å²) in [7, 11) is 1.27. The van der Waals surface area contributed by atoms with E-state index in [2.05, 4.69) is 0 Å². The van der Waals surface area contributed by atoms with Crippen LogP contribution in [0.5, 0.6) is 0 Å². The monoisotopic (exact) mass is 287 g/mol. The summed E-state index contributed by atoms with van der Waals surface area (Å²) in [5.41, 5.74) is -1.76. The number of hydrogen-bond acceptors (Lipinski definition) is 5. The van der Waals surface area contributed by atoms with Crippen molar-refractivity contribution in [2.45, 2.75) is 58.3 Å². The minimum atomic E-state index is -1.10. The smallest absolute Gasteiger partial charge is 0.411 e. The first kappa shape index (κ1) is 16.8. The molecule has 1 fully saturated rings. The van der Waals surface area contributed by atoms with Gasteiger partial charge in [0.15, 0.2) is 0 Å². The highest BCUT2D eigenvalue weighted by Crippen LogP contribution is 2.34. The summed E-state index contributed by atoms with van der Waals surface area (Å²) in [5.74, 6) is -0.616. The molecule has 116 valence electrons. The molecule has 6 nitrogen and oxygen atoms in total. The summed E-state index contributed by atoms with van der Waals surface area (Å²) in [5, 5.41) is 10.5. The first-order valence-electron chi connectivity index (χ1n) is 6.80. The summed E-state index contributed by atoms with van der Waals surface area (Å²) in [4.78, 5) is 25.3. The summed E-state index contributed by atoms with van der Waals surface area (Å²) in [6.45, 7) is 9.04. The molecule has 0 saturated carbocycles. The highest BCUT2D eigenvalue weighted by Gasteiger charge is 2.50. The zero-order valence-corrected chi connectivity index (χ0v) is 13.1. The van der Waals surface area contributed by atoms with Crippen molar-refractivity contribution in [3.8, 4) is 0 Å². The van der Waals surface area contributed by atoms with Gasteiger partial charge < -0.3 is 14.6 Å². The van der Waals surface area contributed by atoms with E-state index in [0.717, 1.165) is 0 Å². The normalized spacial score (nSPS) is 26.8. The van der Waals surface area contributed by atoms with Crippen molar-refractivity contribution in [3.05, 3.63) is 0 Å². The van der Waals surface area contributed by atoms with Crippen LogP contribution in [0.15, 0.2) is 0 Å². The molecule has 0 aliphatic carbocycles. The van der Waals surface area contributed by atoms with E-state index in [1.165, 1.54) is 12.0 Å². The third-order valence-corrected chi connectivity index (χ3v) is 3.54. The molecule has 0 radical (unpaired) electrons. The molecular formula is C14H25NO5. The van der Waals surface area contributed by atoms with Crippen molar-refractivity contribution in [1.29, 1.82) is 0 Å². The molecular weight excluding hydrogens is 262 g/mol. The van der Waals surface area contributed by atoms with E-state index in [4.69, 9.17) is 9.47 Å². The lowest BCUT2D eigenvalue weighted by molar-refractivity contribution is -0.145. The molecule has 1 amide bonds. The van der Waals surface area contributed by atoms with E-state index in [1.807, 2.05) is 13.8 Å². The Bertz CT molecular complexity index is 388. The van der Waals surface area contributed by atoms with Gasteiger partial charge in [0.25, 0.3) is 0 Å². The fourth-order valence-electron chi connectivity index (χ4n) is 2.19. The Labute approximate surface area is 120 Å². The average molecular weight is 287 g/mol. The Morgan fingerprint density at radius 1 is 1.35 bits per heavy atom. The minimum Gasteiger partial charge on any atom is -0.467 e. The van der Waals surface area contributed by atoms with Gasteiger partial charge in [-0.25, -0.2) is 9.59 Å². The average Bonchev–Trinajstić information content (AvgIpc) is 2.66. The number of nitrogens with zero attached hydrogens (tertiary/aromatic N) is 1. The molecule has 2 unspecified atom stereocenters. The quantitative estimate of drug-likeness (QED) is 0.780. The number of ether oxygens (including phenoxy) is 2. The van der Waals surface area contributed by atoms with Crippen LogP contribution in [0.25, 0.3) is 0 Å². The third-order valence-electron chi connectivity index (χ3n) is 3.54. The van der Waals surface area contributed by atoms with Gasteiger partial charge in [-0.3, -0.25) is 4.90 Å². The molecule has 6 heteroatoms. The van der Waals surface area contributed by atoms with Crippen molar-refractivity contribution in [1.82, 2.24) is 4.90 Å². The molecule has 1 heterocycles. The maximum Gasteiger partial charge on any atom is 0.411 e. The van der Waals surface area contributed by atoms with Crippen molar-refractivity contribution >= 4 is 12.1 Å². The summed E-state index contributed by atoms with van der Waals surface area (Å²) < 4.78 is 10.0.